The molecule has 1 atom stereocenters. The average molecular weight is 687 g/mol. The third-order valence-electron chi connectivity index (χ3n) is 10.1. The van der Waals surface area contributed by atoms with Crippen LogP contribution in [0.25, 0.3) is 10.4 Å². The molecule has 49 heavy (non-hydrogen) atoms. The van der Waals surface area contributed by atoms with E-state index in [0.717, 1.165) is 86.5 Å². The second kappa shape index (κ2) is 13.4. The summed E-state index contributed by atoms with van der Waals surface area (Å²) < 4.78 is 61.4. The highest BCUT2D eigenvalue weighted by Crippen LogP contribution is 2.46. The van der Waals surface area contributed by atoms with Crippen molar-refractivity contribution in [1.29, 1.82) is 5.26 Å². The van der Waals surface area contributed by atoms with Crippen LogP contribution < -0.4 is 15.2 Å². The molecule has 2 aromatic rings. The van der Waals surface area contributed by atoms with Crippen molar-refractivity contribution in [2.24, 2.45) is 0 Å². The van der Waals surface area contributed by atoms with Crippen LogP contribution in [0.5, 0.6) is 0 Å². The number of nitrogens with zero attached hydrogens (tertiary/aromatic N) is 4. The molecule has 0 radical (unpaired) electrons. The summed E-state index contributed by atoms with van der Waals surface area (Å²) in [6, 6.07) is 7.21. The van der Waals surface area contributed by atoms with Crippen LogP contribution >= 0.6 is 0 Å². The number of methoxy groups -OCH3 is 1. The fraction of sp³-hybridized carbons (Fsp3) is 0.405. The Morgan fingerprint density at radius 3 is 2.41 bits per heavy atom. The summed E-state index contributed by atoms with van der Waals surface area (Å²) in [4.78, 5) is 18.0. The second-order valence-electron chi connectivity index (χ2n) is 13.3. The highest BCUT2D eigenvalue weighted by Gasteiger charge is 2.51. The number of aromatic carboxylic acids is 1. The summed E-state index contributed by atoms with van der Waals surface area (Å²) in [6.07, 6.45) is 12.2. The number of nitriles is 1. The van der Waals surface area contributed by atoms with Crippen molar-refractivity contribution in [1.82, 2.24) is 0 Å². The summed E-state index contributed by atoms with van der Waals surface area (Å²) in [5.41, 5.74) is -3.60. The van der Waals surface area contributed by atoms with Gasteiger partial charge in [-0.2, -0.15) is 5.26 Å². The van der Waals surface area contributed by atoms with E-state index in [4.69, 9.17) is 16.0 Å². The molecule has 1 unspecified atom stereocenters. The minimum atomic E-state index is -3.02. The summed E-state index contributed by atoms with van der Waals surface area (Å²) in [5.74, 6) is -7.72. The van der Waals surface area contributed by atoms with E-state index in [0.29, 0.717) is 11.1 Å². The molecule has 6 rings (SSSR count). The first-order valence-electron chi connectivity index (χ1n) is 16.5. The molecule has 0 spiro atoms. The topological polar surface area (TPSA) is 93.0 Å². The van der Waals surface area contributed by atoms with E-state index in [9.17, 15) is 15.2 Å². The zero-order chi connectivity index (χ0) is 35.1. The second-order valence-corrected chi connectivity index (χ2v) is 17.7. The summed E-state index contributed by atoms with van der Waals surface area (Å²) in [5, 5.41) is 24.4. The number of carboxylic acids is 1. The molecule has 2 fully saturated rings. The number of halogens is 3. The number of hydrogen-bond acceptors (Lipinski definition) is 6. The van der Waals surface area contributed by atoms with Crippen molar-refractivity contribution < 1.29 is 37.1 Å². The van der Waals surface area contributed by atoms with Crippen molar-refractivity contribution in [3.8, 4) is 6.07 Å². The van der Waals surface area contributed by atoms with Gasteiger partial charge >= 0.3 is 5.72 Å². The van der Waals surface area contributed by atoms with Crippen LogP contribution in [-0.4, -0.2) is 64.4 Å². The fourth-order valence-corrected chi connectivity index (χ4v) is 10.7. The molecule has 3 heterocycles. The smallest absolute Gasteiger partial charge is 0.460 e. The molecule has 12 heteroatoms. The predicted octanol–water partition coefficient (Wildman–Crippen LogP) is 5.08. The first kappa shape index (κ1) is 34.4. The molecule has 0 N–H and O–H groups in total. The predicted molar refractivity (Wildman–Crippen MR) is 179 cm³/mol. The Morgan fingerprint density at radius 1 is 1.08 bits per heavy atom. The number of carbonyl (C=O) groups excluding carboxylic acids is 1. The van der Waals surface area contributed by atoms with Crippen molar-refractivity contribution in [2.45, 2.75) is 57.3 Å². The summed E-state index contributed by atoms with van der Waals surface area (Å²) >= 11 is 0. The average Bonchev–Trinajstić information content (AvgIpc) is 3.12. The van der Waals surface area contributed by atoms with Gasteiger partial charge in [-0.25, -0.2) is 24.3 Å². The SMILES string of the molecule is [C-]#[N+]C(C#N)(OCOC)c1c(F)c(F)c(C(=O)[O-])c(C2=C3C=CC(=[N+]4CCCCC4)C=C3[Si](C)(C)c3cc(N4CCCCC4)ccc32)c1F. The van der Waals surface area contributed by atoms with E-state index in [-0.39, 0.29) is 5.57 Å². The molecule has 8 nitrogen and oxygen atoms in total. The minimum absolute atomic E-state index is 0.0209. The van der Waals surface area contributed by atoms with Gasteiger partial charge in [-0.15, -0.1) is 0 Å². The van der Waals surface area contributed by atoms with Gasteiger partial charge in [0.25, 0.3) is 0 Å². The van der Waals surface area contributed by atoms with Crippen LogP contribution in [0.3, 0.4) is 0 Å². The number of rotatable bonds is 7. The third kappa shape index (κ3) is 5.72. The molecular weight excluding hydrogens is 650 g/mol. The lowest BCUT2D eigenvalue weighted by atomic mass is 9.84. The molecular formula is C37H37F3N4O4Si. The maximum absolute atomic E-state index is 17.2. The van der Waals surface area contributed by atoms with Gasteiger partial charge in [0, 0.05) is 62.0 Å². The highest BCUT2D eigenvalue weighted by atomic mass is 28.3. The Bertz CT molecular complexity index is 1930. The van der Waals surface area contributed by atoms with E-state index in [1.807, 2.05) is 12.1 Å². The molecule has 0 saturated carbocycles. The van der Waals surface area contributed by atoms with Crippen LogP contribution in [0.4, 0.5) is 18.9 Å². The van der Waals surface area contributed by atoms with Crippen LogP contribution in [0.15, 0.2) is 47.2 Å². The maximum atomic E-state index is 17.2. The molecule has 0 amide bonds. The van der Waals surface area contributed by atoms with Gasteiger partial charge in [-0.1, -0.05) is 19.2 Å². The van der Waals surface area contributed by atoms with Gasteiger partial charge in [0.05, 0.1) is 5.97 Å². The van der Waals surface area contributed by atoms with E-state index in [1.54, 1.807) is 12.1 Å². The number of carbonyl (C=O) groups is 1. The number of anilines is 1. The van der Waals surface area contributed by atoms with E-state index in [2.05, 4.69) is 39.6 Å². The highest BCUT2D eigenvalue weighted by molar-refractivity contribution is 6.98. The van der Waals surface area contributed by atoms with Crippen LogP contribution in [0.1, 0.15) is 65.6 Å². The largest absolute Gasteiger partial charge is 0.545 e. The van der Waals surface area contributed by atoms with Gasteiger partial charge in [0.2, 0.25) is 0 Å². The molecule has 1 aliphatic carbocycles. The monoisotopic (exact) mass is 686 g/mol. The zero-order valence-corrected chi connectivity index (χ0v) is 28.8. The van der Waals surface area contributed by atoms with Gasteiger partial charge in [-0.3, -0.25) is 9.58 Å². The Balaban J connectivity index is 1.72. The molecule has 3 aliphatic heterocycles. The van der Waals surface area contributed by atoms with Gasteiger partial charge in [-0.05, 0) is 71.0 Å². The molecule has 2 aromatic carbocycles. The number of carboxylic acid groups (broad SMARTS) is 1. The standard InChI is InChI=1S/C37H37F3N4O4Si/c1-42-37(21-41,48-22-47-2)32-33(38)30(31(36(45)46)34(39)35(32)40)29-25-13-11-23(43-15-7-5-8-16-43)19-27(25)49(3,4)28-20-24(12-14-26(28)29)44-17-9-6-10-18-44/h11-14,19-20H,5-10,15-18,22H2,2-4H3. The lowest BCUT2D eigenvalue weighted by Gasteiger charge is -2.39. The van der Waals surface area contributed by atoms with Crippen molar-refractivity contribution >= 4 is 36.2 Å². The molecule has 254 valence electrons. The Hall–Kier alpha value is -4.49. The molecule has 0 bridgehead atoms. The van der Waals surface area contributed by atoms with Crippen molar-refractivity contribution in [3.05, 3.63) is 98.3 Å². The number of piperidine rings is 2. The van der Waals surface area contributed by atoms with Crippen LogP contribution in [0, 0.1) is 35.4 Å². The summed E-state index contributed by atoms with van der Waals surface area (Å²) in [7, 11) is -1.46. The lowest BCUT2D eigenvalue weighted by Crippen LogP contribution is -2.50. The first-order valence-corrected chi connectivity index (χ1v) is 19.5. The van der Waals surface area contributed by atoms with Crippen LogP contribution in [-0.2, 0) is 15.2 Å². The number of hydrogen-bond donors (Lipinski definition) is 0. The normalized spacial score (nSPS) is 19.8. The molecule has 2 saturated heterocycles. The lowest BCUT2D eigenvalue weighted by molar-refractivity contribution is -0.535. The maximum Gasteiger partial charge on any atom is 0.460 e. The number of ether oxygens (including phenoxy) is 2. The summed E-state index contributed by atoms with van der Waals surface area (Å²) in [6.45, 7) is 14.8. The van der Waals surface area contributed by atoms with Crippen molar-refractivity contribution in [3.63, 3.8) is 0 Å². The minimum Gasteiger partial charge on any atom is -0.545 e. The van der Waals surface area contributed by atoms with Crippen LogP contribution in [0.2, 0.25) is 13.1 Å². The van der Waals surface area contributed by atoms with Crippen molar-refractivity contribution in [2.75, 3.05) is 45.0 Å². The third-order valence-corrected chi connectivity index (χ3v) is 13.7. The van der Waals surface area contributed by atoms with E-state index >= 15 is 13.2 Å². The quantitative estimate of drug-likeness (QED) is 0.133. The molecule has 0 aromatic heterocycles. The van der Waals surface area contributed by atoms with E-state index in [1.165, 1.54) is 13.2 Å². The Labute approximate surface area is 284 Å². The number of fused-ring (bicyclic) bond motifs is 2. The fourth-order valence-electron chi connectivity index (χ4n) is 7.59. The Morgan fingerprint density at radius 2 is 1.78 bits per heavy atom. The Kier molecular flexibility index (Phi) is 9.42. The van der Waals surface area contributed by atoms with Gasteiger partial charge in [0.1, 0.15) is 27.0 Å². The zero-order valence-electron chi connectivity index (χ0n) is 27.8. The van der Waals surface area contributed by atoms with E-state index < -0.39 is 60.7 Å². The number of benzene rings is 2. The molecule has 4 aliphatic rings. The number of allylic oxidation sites excluding steroid dienone is 5. The first-order chi connectivity index (χ1) is 23.5. The van der Waals surface area contributed by atoms with Gasteiger partial charge in [0.15, 0.2) is 35.8 Å². The van der Waals surface area contributed by atoms with Gasteiger partial charge < -0.3 is 19.5 Å².